The van der Waals surface area contributed by atoms with E-state index in [0.29, 0.717) is 17.7 Å². The molecule has 0 spiro atoms. The van der Waals surface area contributed by atoms with Gasteiger partial charge in [0.2, 0.25) is 5.78 Å². The second kappa shape index (κ2) is 8.24. The molecule has 0 unspecified atom stereocenters. The number of hydrogen-bond acceptors (Lipinski definition) is 5. The number of benzene rings is 2. The Kier molecular flexibility index (Phi) is 5.50. The zero-order chi connectivity index (χ0) is 21.3. The van der Waals surface area contributed by atoms with Crippen molar-refractivity contribution in [2.24, 2.45) is 5.16 Å². The van der Waals surface area contributed by atoms with Crippen molar-refractivity contribution in [3.63, 3.8) is 0 Å². The van der Waals surface area contributed by atoms with Gasteiger partial charge in [-0.05, 0) is 55.1 Å². The van der Waals surface area contributed by atoms with E-state index in [-0.39, 0.29) is 5.78 Å². The number of oxime groups is 1. The second-order valence-electron chi connectivity index (χ2n) is 6.99. The summed E-state index contributed by atoms with van der Waals surface area (Å²) in [5, 5.41) is 8.00. The molecule has 0 aliphatic heterocycles. The SMILES string of the molecule is CCC(=NOC(C)=O)c1ccc2c(c1)c1cc(C(=O)c3cccs3)ccc1n2CC. The van der Waals surface area contributed by atoms with Gasteiger partial charge in [-0.2, -0.15) is 0 Å². The molecule has 0 atom stereocenters. The van der Waals surface area contributed by atoms with Crippen molar-refractivity contribution >= 4 is 50.6 Å². The topological polar surface area (TPSA) is 60.7 Å². The molecule has 0 amide bonds. The number of ketones is 1. The molecule has 0 saturated heterocycles. The number of rotatable bonds is 6. The van der Waals surface area contributed by atoms with E-state index in [1.165, 1.54) is 18.3 Å². The molecular formula is C24H22N2O3S. The molecule has 2 aromatic heterocycles. The number of nitrogens with zero attached hydrogens (tertiary/aromatic N) is 2. The Balaban J connectivity index is 1.90. The van der Waals surface area contributed by atoms with Crippen LogP contribution in [0.25, 0.3) is 21.8 Å². The summed E-state index contributed by atoms with van der Waals surface area (Å²) in [6.07, 6.45) is 0.632. The first-order valence-corrected chi connectivity index (χ1v) is 10.8. The Morgan fingerprint density at radius 2 is 1.67 bits per heavy atom. The lowest BCUT2D eigenvalue weighted by molar-refractivity contribution is -0.140. The molecule has 0 aliphatic rings. The van der Waals surface area contributed by atoms with E-state index in [9.17, 15) is 9.59 Å². The van der Waals surface area contributed by atoms with Crippen LogP contribution in [0.3, 0.4) is 0 Å². The van der Waals surface area contributed by atoms with Crippen LogP contribution in [0.15, 0.2) is 59.1 Å². The highest BCUT2D eigenvalue weighted by Gasteiger charge is 2.16. The molecule has 0 fully saturated rings. The Labute approximate surface area is 178 Å². The van der Waals surface area contributed by atoms with Gasteiger partial charge in [-0.1, -0.05) is 24.2 Å². The first-order chi connectivity index (χ1) is 14.5. The number of aryl methyl sites for hydroxylation is 1. The molecule has 2 aromatic carbocycles. The van der Waals surface area contributed by atoms with Crippen LogP contribution in [0.5, 0.6) is 0 Å². The van der Waals surface area contributed by atoms with E-state index in [1.54, 1.807) is 0 Å². The van der Waals surface area contributed by atoms with Gasteiger partial charge in [0.1, 0.15) is 0 Å². The molecule has 0 bridgehead atoms. The lowest BCUT2D eigenvalue weighted by Crippen LogP contribution is -2.02. The van der Waals surface area contributed by atoms with Crippen LogP contribution in [0.1, 0.15) is 48.0 Å². The number of thiophene rings is 1. The summed E-state index contributed by atoms with van der Waals surface area (Å²) in [6.45, 7) is 6.23. The standard InChI is InChI=1S/C24H22N2O3S/c1-4-20(25-29-15(3)27)16-8-10-21-18(13-16)19-14-17(9-11-22(19)26(21)5-2)24(28)23-7-6-12-30-23/h6-14H,4-5H2,1-3H3. The highest BCUT2D eigenvalue weighted by molar-refractivity contribution is 7.12. The van der Waals surface area contributed by atoms with Crippen molar-refractivity contribution in [2.45, 2.75) is 33.7 Å². The third-order valence-corrected chi connectivity index (χ3v) is 6.01. The van der Waals surface area contributed by atoms with Crippen LogP contribution in [0.4, 0.5) is 0 Å². The molecule has 0 saturated carbocycles. The minimum Gasteiger partial charge on any atom is -0.341 e. The molecule has 4 rings (SSSR count). The fourth-order valence-electron chi connectivity index (χ4n) is 3.76. The third kappa shape index (κ3) is 3.55. The molecule has 2 heterocycles. The number of carbonyl (C=O) groups excluding carboxylic acids is 2. The molecule has 6 heteroatoms. The first-order valence-electron chi connectivity index (χ1n) is 9.92. The van der Waals surface area contributed by atoms with Gasteiger partial charge in [-0.3, -0.25) is 4.79 Å². The lowest BCUT2D eigenvalue weighted by atomic mass is 10.0. The average Bonchev–Trinajstić information content (AvgIpc) is 3.39. The van der Waals surface area contributed by atoms with E-state index in [4.69, 9.17) is 4.84 Å². The van der Waals surface area contributed by atoms with Gasteiger partial charge in [0.15, 0.2) is 0 Å². The van der Waals surface area contributed by atoms with E-state index in [0.717, 1.165) is 38.8 Å². The highest BCUT2D eigenvalue weighted by atomic mass is 32.1. The first kappa shape index (κ1) is 20.0. The van der Waals surface area contributed by atoms with Crippen LogP contribution < -0.4 is 0 Å². The predicted octanol–water partition coefficient (Wildman–Crippen LogP) is 5.78. The van der Waals surface area contributed by atoms with Crippen molar-refractivity contribution in [1.82, 2.24) is 4.57 Å². The number of hydrogen-bond donors (Lipinski definition) is 0. The van der Waals surface area contributed by atoms with E-state index in [1.807, 2.05) is 48.7 Å². The van der Waals surface area contributed by atoms with Gasteiger partial charge >= 0.3 is 5.97 Å². The van der Waals surface area contributed by atoms with Crippen molar-refractivity contribution in [3.05, 3.63) is 69.9 Å². The Morgan fingerprint density at radius 3 is 2.23 bits per heavy atom. The molecule has 152 valence electrons. The van der Waals surface area contributed by atoms with Gasteiger partial charge in [-0.25, -0.2) is 4.79 Å². The van der Waals surface area contributed by atoms with Crippen LogP contribution in [-0.2, 0) is 16.2 Å². The minimum absolute atomic E-state index is 0.0334. The molecular weight excluding hydrogens is 396 g/mol. The van der Waals surface area contributed by atoms with Crippen molar-refractivity contribution < 1.29 is 14.4 Å². The Bertz CT molecular complexity index is 1280. The van der Waals surface area contributed by atoms with Gasteiger partial charge in [0, 0.05) is 46.4 Å². The maximum absolute atomic E-state index is 12.9. The molecule has 0 N–H and O–H groups in total. The molecule has 30 heavy (non-hydrogen) atoms. The summed E-state index contributed by atoms with van der Waals surface area (Å²) in [5.41, 5.74) is 4.46. The zero-order valence-corrected chi connectivity index (χ0v) is 18.0. The summed E-state index contributed by atoms with van der Waals surface area (Å²) in [4.78, 5) is 29.6. The van der Waals surface area contributed by atoms with E-state index < -0.39 is 5.97 Å². The van der Waals surface area contributed by atoms with Crippen molar-refractivity contribution in [1.29, 1.82) is 0 Å². The Hall–Kier alpha value is -3.25. The van der Waals surface area contributed by atoms with Gasteiger partial charge in [-0.15, -0.1) is 11.3 Å². The average molecular weight is 419 g/mol. The molecule has 4 aromatic rings. The summed E-state index contributed by atoms with van der Waals surface area (Å²) >= 11 is 1.45. The normalized spacial score (nSPS) is 11.9. The number of carbonyl (C=O) groups is 2. The predicted molar refractivity (Wildman–Crippen MR) is 121 cm³/mol. The zero-order valence-electron chi connectivity index (χ0n) is 17.1. The monoisotopic (exact) mass is 418 g/mol. The molecule has 5 nitrogen and oxygen atoms in total. The minimum atomic E-state index is -0.443. The fraction of sp³-hybridized carbons (Fsp3) is 0.208. The van der Waals surface area contributed by atoms with Crippen LogP contribution in [0.2, 0.25) is 0 Å². The maximum Gasteiger partial charge on any atom is 0.331 e. The van der Waals surface area contributed by atoms with Crippen LogP contribution >= 0.6 is 11.3 Å². The van der Waals surface area contributed by atoms with Gasteiger partial charge < -0.3 is 9.40 Å². The van der Waals surface area contributed by atoms with Crippen molar-refractivity contribution in [2.75, 3.05) is 0 Å². The summed E-state index contributed by atoms with van der Waals surface area (Å²) in [7, 11) is 0. The fourth-order valence-corrected chi connectivity index (χ4v) is 4.44. The quantitative estimate of drug-likeness (QED) is 0.172. The largest absolute Gasteiger partial charge is 0.341 e. The highest BCUT2D eigenvalue weighted by Crippen LogP contribution is 2.32. The second-order valence-corrected chi connectivity index (χ2v) is 7.94. The van der Waals surface area contributed by atoms with Gasteiger partial charge in [0.25, 0.3) is 0 Å². The number of aromatic nitrogens is 1. The molecule has 0 radical (unpaired) electrons. The maximum atomic E-state index is 12.9. The summed E-state index contributed by atoms with van der Waals surface area (Å²) < 4.78 is 2.24. The van der Waals surface area contributed by atoms with E-state index >= 15 is 0 Å². The van der Waals surface area contributed by atoms with Crippen molar-refractivity contribution in [3.8, 4) is 0 Å². The molecule has 0 aliphatic carbocycles. The van der Waals surface area contributed by atoms with Gasteiger partial charge in [0.05, 0.1) is 10.6 Å². The Morgan fingerprint density at radius 1 is 1.00 bits per heavy atom. The smallest absolute Gasteiger partial charge is 0.331 e. The third-order valence-electron chi connectivity index (χ3n) is 5.14. The van der Waals surface area contributed by atoms with E-state index in [2.05, 4.69) is 28.8 Å². The summed E-state index contributed by atoms with van der Waals surface area (Å²) in [5.74, 6) is -0.410. The number of fused-ring (bicyclic) bond motifs is 3. The van der Waals surface area contributed by atoms with Crippen LogP contribution in [-0.4, -0.2) is 22.0 Å². The van der Waals surface area contributed by atoms with Crippen LogP contribution in [0, 0.1) is 0 Å². The summed E-state index contributed by atoms with van der Waals surface area (Å²) in [6, 6.07) is 15.8. The lowest BCUT2D eigenvalue weighted by Gasteiger charge is -2.05.